The van der Waals surface area contributed by atoms with Gasteiger partial charge >= 0.3 is 0 Å². The highest BCUT2D eigenvalue weighted by molar-refractivity contribution is 6.32. The van der Waals surface area contributed by atoms with Crippen LogP contribution in [0.15, 0.2) is 30.3 Å². The zero-order chi connectivity index (χ0) is 14.9. The number of rotatable bonds is 3. The maximum Gasteiger partial charge on any atom is 0.249 e. The van der Waals surface area contributed by atoms with E-state index in [1.807, 2.05) is 50.2 Å². The normalized spacial score (nSPS) is 10.4. The Hall–Kier alpha value is -2.07. The minimum atomic E-state index is -0.484. The summed E-state index contributed by atoms with van der Waals surface area (Å²) in [4.78, 5) is 17.8. The molecule has 4 nitrogen and oxygen atoms in total. The molecule has 0 aliphatic heterocycles. The first-order valence-corrected chi connectivity index (χ1v) is 6.52. The van der Waals surface area contributed by atoms with Crippen molar-refractivity contribution in [2.24, 2.45) is 5.73 Å². The number of aryl methyl sites for hydroxylation is 1. The van der Waals surface area contributed by atoms with Gasteiger partial charge in [0.1, 0.15) is 5.15 Å². The van der Waals surface area contributed by atoms with Gasteiger partial charge < -0.3 is 10.6 Å². The Bertz CT molecular complexity index is 668. The van der Waals surface area contributed by atoms with E-state index in [0.29, 0.717) is 21.8 Å². The van der Waals surface area contributed by atoms with Gasteiger partial charge in [0.05, 0.1) is 0 Å². The predicted octanol–water partition coefficient (Wildman–Crippen LogP) is 2.88. The van der Waals surface area contributed by atoms with Crippen molar-refractivity contribution in [1.82, 2.24) is 4.98 Å². The number of nitrogens with zero attached hydrogens (tertiary/aromatic N) is 2. The van der Waals surface area contributed by atoms with E-state index in [4.69, 9.17) is 17.3 Å². The summed E-state index contributed by atoms with van der Waals surface area (Å²) in [5.41, 5.74) is 9.06. The minimum absolute atomic E-state index is 0.364. The van der Waals surface area contributed by atoms with Crippen molar-refractivity contribution < 1.29 is 4.79 Å². The second kappa shape index (κ2) is 5.51. The zero-order valence-electron chi connectivity index (χ0n) is 11.6. The number of amides is 1. The highest BCUT2D eigenvalue weighted by atomic mass is 35.5. The van der Waals surface area contributed by atoms with Gasteiger partial charge in [-0.25, -0.2) is 4.98 Å². The van der Waals surface area contributed by atoms with E-state index in [-0.39, 0.29) is 0 Å². The smallest absolute Gasteiger partial charge is 0.249 e. The Kier molecular flexibility index (Phi) is 3.95. The Morgan fingerprint density at radius 1 is 1.20 bits per heavy atom. The van der Waals surface area contributed by atoms with Crippen LogP contribution in [0.5, 0.6) is 0 Å². The van der Waals surface area contributed by atoms with E-state index in [0.717, 1.165) is 11.4 Å². The molecule has 0 fully saturated rings. The molecule has 0 radical (unpaired) electrons. The lowest BCUT2D eigenvalue weighted by Gasteiger charge is -2.16. The number of carbonyl (C=O) groups is 1. The molecule has 0 atom stereocenters. The predicted molar refractivity (Wildman–Crippen MR) is 82.3 cm³/mol. The molecule has 20 heavy (non-hydrogen) atoms. The second-order valence-electron chi connectivity index (χ2n) is 4.78. The van der Waals surface area contributed by atoms with E-state index >= 15 is 0 Å². The van der Waals surface area contributed by atoms with Crippen LogP contribution < -0.4 is 10.6 Å². The molecule has 1 amide bonds. The van der Waals surface area contributed by atoms with Crippen LogP contribution in [0.25, 0.3) is 11.1 Å². The van der Waals surface area contributed by atoms with Crippen molar-refractivity contribution in [3.8, 4) is 11.1 Å². The highest BCUT2D eigenvalue weighted by Gasteiger charge is 2.15. The molecular weight excluding hydrogens is 274 g/mol. The molecule has 0 unspecified atom stereocenters. The zero-order valence-corrected chi connectivity index (χ0v) is 12.4. The van der Waals surface area contributed by atoms with Crippen molar-refractivity contribution in [2.75, 3.05) is 19.0 Å². The van der Waals surface area contributed by atoms with Crippen LogP contribution in [0.1, 0.15) is 16.1 Å². The Labute approximate surface area is 123 Å². The first-order valence-electron chi connectivity index (χ1n) is 6.15. The van der Waals surface area contributed by atoms with E-state index in [9.17, 15) is 4.79 Å². The number of benzene rings is 1. The van der Waals surface area contributed by atoms with E-state index in [1.54, 1.807) is 6.07 Å². The van der Waals surface area contributed by atoms with Gasteiger partial charge in [0.2, 0.25) is 5.91 Å². The molecule has 0 spiro atoms. The number of hydrogen-bond acceptors (Lipinski definition) is 3. The SMILES string of the molecule is Cc1ccc(-c2cc(N(C)C)ccc2C(N)=O)c(Cl)n1. The summed E-state index contributed by atoms with van der Waals surface area (Å²) in [5.74, 6) is -0.484. The third-order valence-corrected chi connectivity index (χ3v) is 3.35. The number of hydrogen-bond donors (Lipinski definition) is 1. The molecule has 2 aromatic rings. The lowest BCUT2D eigenvalue weighted by atomic mass is 9.99. The van der Waals surface area contributed by atoms with Crippen molar-refractivity contribution in [2.45, 2.75) is 6.92 Å². The fourth-order valence-corrected chi connectivity index (χ4v) is 2.27. The lowest BCUT2D eigenvalue weighted by Crippen LogP contribution is -2.14. The van der Waals surface area contributed by atoms with Crippen LogP contribution >= 0.6 is 11.6 Å². The lowest BCUT2D eigenvalue weighted by molar-refractivity contribution is 0.100. The van der Waals surface area contributed by atoms with Crippen LogP contribution in [0, 0.1) is 6.92 Å². The van der Waals surface area contributed by atoms with Crippen LogP contribution in [0.2, 0.25) is 5.15 Å². The van der Waals surface area contributed by atoms with E-state index in [1.165, 1.54) is 0 Å². The summed E-state index contributed by atoms with van der Waals surface area (Å²) >= 11 is 6.20. The molecule has 1 aromatic carbocycles. The quantitative estimate of drug-likeness (QED) is 0.884. The number of pyridine rings is 1. The van der Waals surface area contributed by atoms with Crippen molar-refractivity contribution in [3.05, 3.63) is 46.7 Å². The molecule has 0 aliphatic carbocycles. The maximum absolute atomic E-state index is 11.6. The summed E-state index contributed by atoms with van der Waals surface area (Å²) in [5, 5.41) is 0.364. The number of anilines is 1. The van der Waals surface area contributed by atoms with Gasteiger partial charge in [0.25, 0.3) is 0 Å². The molecule has 5 heteroatoms. The Morgan fingerprint density at radius 2 is 1.90 bits per heavy atom. The number of carbonyl (C=O) groups excluding carboxylic acids is 1. The van der Waals surface area contributed by atoms with Gasteiger partial charge in [-0.2, -0.15) is 0 Å². The molecule has 0 saturated heterocycles. The van der Waals surface area contributed by atoms with Gasteiger partial charge in [0, 0.05) is 36.6 Å². The topological polar surface area (TPSA) is 59.2 Å². The number of primary amides is 1. The minimum Gasteiger partial charge on any atom is -0.378 e. The van der Waals surface area contributed by atoms with Gasteiger partial charge in [-0.3, -0.25) is 4.79 Å². The van der Waals surface area contributed by atoms with Gasteiger partial charge in [-0.1, -0.05) is 11.6 Å². The van der Waals surface area contributed by atoms with E-state index in [2.05, 4.69) is 4.98 Å². The summed E-state index contributed by atoms with van der Waals surface area (Å²) in [6.45, 7) is 1.86. The molecule has 104 valence electrons. The summed E-state index contributed by atoms with van der Waals surface area (Å²) in [7, 11) is 3.86. The molecule has 1 heterocycles. The highest BCUT2D eigenvalue weighted by Crippen LogP contribution is 2.32. The van der Waals surface area contributed by atoms with Crippen molar-refractivity contribution in [3.63, 3.8) is 0 Å². The monoisotopic (exact) mass is 289 g/mol. The fraction of sp³-hybridized carbons (Fsp3) is 0.200. The second-order valence-corrected chi connectivity index (χ2v) is 5.14. The van der Waals surface area contributed by atoms with Gasteiger partial charge in [0.15, 0.2) is 0 Å². The summed E-state index contributed by atoms with van der Waals surface area (Å²) < 4.78 is 0. The molecule has 0 bridgehead atoms. The molecule has 2 rings (SSSR count). The first-order chi connectivity index (χ1) is 9.40. The van der Waals surface area contributed by atoms with Crippen LogP contribution in [-0.4, -0.2) is 25.0 Å². The van der Waals surface area contributed by atoms with Crippen LogP contribution in [0.3, 0.4) is 0 Å². The van der Waals surface area contributed by atoms with Crippen molar-refractivity contribution in [1.29, 1.82) is 0 Å². The van der Waals surface area contributed by atoms with E-state index < -0.39 is 5.91 Å². The van der Waals surface area contributed by atoms with Gasteiger partial charge in [-0.05, 0) is 42.8 Å². The Balaban J connectivity index is 2.69. The number of aromatic nitrogens is 1. The van der Waals surface area contributed by atoms with Gasteiger partial charge in [-0.15, -0.1) is 0 Å². The van der Waals surface area contributed by atoms with Crippen LogP contribution in [0.4, 0.5) is 5.69 Å². The summed E-state index contributed by atoms with van der Waals surface area (Å²) in [6, 6.07) is 9.15. The largest absolute Gasteiger partial charge is 0.378 e. The molecule has 2 N–H and O–H groups in total. The number of nitrogens with two attached hydrogens (primary N) is 1. The summed E-state index contributed by atoms with van der Waals surface area (Å²) in [6.07, 6.45) is 0. The first kappa shape index (κ1) is 14.3. The average Bonchev–Trinajstić information content (AvgIpc) is 2.37. The third-order valence-electron chi connectivity index (χ3n) is 3.06. The molecule has 0 saturated carbocycles. The molecule has 1 aromatic heterocycles. The standard InChI is InChI=1S/C15H16ClN3O/c1-9-4-6-11(14(16)18-9)13-8-10(19(2)3)5-7-12(13)15(17)20/h4-8H,1-3H3,(H2,17,20). The molecule has 0 aliphatic rings. The average molecular weight is 290 g/mol. The number of halogens is 1. The van der Waals surface area contributed by atoms with Crippen molar-refractivity contribution >= 4 is 23.2 Å². The fourth-order valence-electron chi connectivity index (χ4n) is 1.97. The molecular formula is C15H16ClN3O. The Morgan fingerprint density at radius 3 is 2.45 bits per heavy atom. The maximum atomic E-state index is 11.6. The van der Waals surface area contributed by atoms with Crippen LogP contribution in [-0.2, 0) is 0 Å². The third kappa shape index (κ3) is 2.75.